The van der Waals surface area contributed by atoms with E-state index in [4.69, 9.17) is 15.2 Å². The molecule has 24 heavy (non-hydrogen) atoms. The molecule has 2 N–H and O–H groups in total. The molecule has 0 aliphatic carbocycles. The Kier molecular flexibility index (Phi) is 5.94. The van der Waals surface area contributed by atoms with Crippen molar-refractivity contribution in [2.24, 2.45) is 0 Å². The zero-order valence-corrected chi connectivity index (χ0v) is 15.1. The third-order valence-electron chi connectivity index (χ3n) is 3.90. The van der Waals surface area contributed by atoms with Crippen LogP contribution in [0.25, 0.3) is 0 Å². The standard InChI is InChI=1S/C18H29N3O3/c1-14-13-20(9-10-21(14)17(22)24-18(2,3)4)11-12-23-16-7-5-15(19)6-8-16/h5-8,14H,9-13,19H2,1-4H3/t14-/m0/s1. The highest BCUT2D eigenvalue weighted by Crippen LogP contribution is 2.16. The quantitative estimate of drug-likeness (QED) is 0.857. The molecule has 134 valence electrons. The Bertz CT molecular complexity index is 539. The largest absolute Gasteiger partial charge is 0.492 e. The first-order chi connectivity index (χ1) is 11.2. The highest BCUT2D eigenvalue weighted by molar-refractivity contribution is 5.68. The normalized spacial score (nSPS) is 19.2. The molecule has 1 heterocycles. The summed E-state index contributed by atoms with van der Waals surface area (Å²) in [5.41, 5.74) is 5.93. The predicted octanol–water partition coefficient (Wildman–Crippen LogP) is 2.59. The molecule has 6 nitrogen and oxygen atoms in total. The summed E-state index contributed by atoms with van der Waals surface area (Å²) in [6.45, 7) is 11.5. The summed E-state index contributed by atoms with van der Waals surface area (Å²) in [6, 6.07) is 7.54. The van der Waals surface area contributed by atoms with Gasteiger partial charge in [-0.1, -0.05) is 0 Å². The molecule has 2 rings (SSSR count). The molecule has 1 aliphatic rings. The predicted molar refractivity (Wildman–Crippen MR) is 95.2 cm³/mol. The van der Waals surface area contributed by atoms with E-state index in [1.165, 1.54) is 0 Å². The van der Waals surface area contributed by atoms with Crippen LogP contribution in [-0.2, 0) is 4.74 Å². The van der Waals surface area contributed by atoms with Gasteiger partial charge in [0.05, 0.1) is 0 Å². The van der Waals surface area contributed by atoms with E-state index in [0.717, 1.165) is 31.1 Å². The molecule has 0 spiro atoms. The molecule has 1 amide bonds. The summed E-state index contributed by atoms with van der Waals surface area (Å²) >= 11 is 0. The first kappa shape index (κ1) is 18.4. The van der Waals surface area contributed by atoms with Gasteiger partial charge >= 0.3 is 6.09 Å². The van der Waals surface area contributed by atoms with Gasteiger partial charge in [-0.15, -0.1) is 0 Å². The fraction of sp³-hybridized carbons (Fsp3) is 0.611. The van der Waals surface area contributed by atoms with Gasteiger partial charge < -0.3 is 20.1 Å². The Hall–Kier alpha value is -1.95. The topological polar surface area (TPSA) is 68.0 Å². The van der Waals surface area contributed by atoms with Gasteiger partial charge in [-0.05, 0) is 52.0 Å². The number of anilines is 1. The van der Waals surface area contributed by atoms with E-state index in [1.54, 1.807) is 0 Å². The highest BCUT2D eigenvalue weighted by atomic mass is 16.6. The van der Waals surface area contributed by atoms with Gasteiger partial charge in [0.25, 0.3) is 0 Å². The molecule has 0 aromatic heterocycles. The van der Waals surface area contributed by atoms with Gasteiger partial charge in [0.15, 0.2) is 0 Å². The fourth-order valence-electron chi connectivity index (χ4n) is 2.68. The van der Waals surface area contributed by atoms with Crippen LogP contribution in [0, 0.1) is 0 Å². The van der Waals surface area contributed by atoms with E-state index in [0.29, 0.717) is 13.2 Å². The summed E-state index contributed by atoms with van der Waals surface area (Å²) in [4.78, 5) is 16.3. The van der Waals surface area contributed by atoms with Crippen LogP contribution in [-0.4, -0.2) is 60.3 Å². The Labute approximate surface area is 144 Å². The Morgan fingerprint density at radius 2 is 1.92 bits per heavy atom. The first-order valence-electron chi connectivity index (χ1n) is 8.45. The number of benzene rings is 1. The number of rotatable bonds is 4. The van der Waals surface area contributed by atoms with Crippen LogP contribution in [0.15, 0.2) is 24.3 Å². The SMILES string of the molecule is C[C@H]1CN(CCOc2ccc(N)cc2)CCN1C(=O)OC(C)(C)C. The Morgan fingerprint density at radius 1 is 1.25 bits per heavy atom. The lowest BCUT2D eigenvalue weighted by Crippen LogP contribution is -2.55. The molecular formula is C18H29N3O3. The second kappa shape index (κ2) is 7.75. The molecule has 0 radical (unpaired) electrons. The molecular weight excluding hydrogens is 306 g/mol. The maximum Gasteiger partial charge on any atom is 0.410 e. The second-order valence-corrected chi connectivity index (χ2v) is 7.24. The van der Waals surface area contributed by atoms with Crippen LogP contribution in [0.4, 0.5) is 10.5 Å². The molecule has 0 bridgehead atoms. The average molecular weight is 335 g/mol. The van der Waals surface area contributed by atoms with Crippen LogP contribution in [0.5, 0.6) is 5.75 Å². The lowest BCUT2D eigenvalue weighted by Gasteiger charge is -2.40. The van der Waals surface area contributed by atoms with Crippen molar-refractivity contribution in [1.82, 2.24) is 9.80 Å². The third-order valence-corrected chi connectivity index (χ3v) is 3.90. The molecule has 1 aromatic carbocycles. The summed E-state index contributed by atoms with van der Waals surface area (Å²) < 4.78 is 11.2. The number of ether oxygens (including phenoxy) is 2. The van der Waals surface area contributed by atoms with E-state index < -0.39 is 5.60 Å². The third kappa shape index (κ3) is 5.60. The minimum atomic E-state index is -0.457. The molecule has 1 atom stereocenters. The van der Waals surface area contributed by atoms with Crippen molar-refractivity contribution in [3.05, 3.63) is 24.3 Å². The van der Waals surface area contributed by atoms with Crippen molar-refractivity contribution in [3.63, 3.8) is 0 Å². The van der Waals surface area contributed by atoms with Crippen LogP contribution in [0.3, 0.4) is 0 Å². The Morgan fingerprint density at radius 3 is 2.50 bits per heavy atom. The zero-order valence-electron chi connectivity index (χ0n) is 15.1. The monoisotopic (exact) mass is 335 g/mol. The number of nitrogen functional groups attached to an aromatic ring is 1. The van der Waals surface area contributed by atoms with E-state index in [1.807, 2.05) is 49.9 Å². The molecule has 6 heteroatoms. The van der Waals surface area contributed by atoms with Crippen molar-refractivity contribution in [2.45, 2.75) is 39.3 Å². The summed E-state index contributed by atoms with van der Waals surface area (Å²) in [7, 11) is 0. The maximum absolute atomic E-state index is 12.2. The molecule has 1 aromatic rings. The van der Waals surface area contributed by atoms with E-state index in [-0.39, 0.29) is 12.1 Å². The molecule has 0 saturated carbocycles. The number of amides is 1. The van der Waals surface area contributed by atoms with Crippen LogP contribution in [0.1, 0.15) is 27.7 Å². The minimum absolute atomic E-state index is 0.130. The molecule has 1 aliphatic heterocycles. The molecule has 1 fully saturated rings. The number of carbonyl (C=O) groups is 1. The van der Waals surface area contributed by atoms with Gasteiger partial charge in [0.1, 0.15) is 18.0 Å². The fourth-order valence-corrected chi connectivity index (χ4v) is 2.68. The van der Waals surface area contributed by atoms with Gasteiger partial charge in [-0.2, -0.15) is 0 Å². The Balaban J connectivity index is 1.74. The number of hydrogen-bond donors (Lipinski definition) is 1. The smallest absolute Gasteiger partial charge is 0.410 e. The van der Waals surface area contributed by atoms with Crippen molar-refractivity contribution >= 4 is 11.8 Å². The van der Waals surface area contributed by atoms with Crippen LogP contribution < -0.4 is 10.5 Å². The zero-order chi connectivity index (χ0) is 17.7. The minimum Gasteiger partial charge on any atom is -0.492 e. The van der Waals surface area contributed by atoms with E-state index in [9.17, 15) is 4.79 Å². The van der Waals surface area contributed by atoms with Crippen molar-refractivity contribution < 1.29 is 14.3 Å². The summed E-state index contributed by atoms with van der Waals surface area (Å²) in [5, 5.41) is 0. The van der Waals surface area contributed by atoms with Crippen LogP contribution >= 0.6 is 0 Å². The van der Waals surface area contributed by atoms with Gasteiger partial charge in [-0.3, -0.25) is 4.90 Å². The van der Waals surface area contributed by atoms with Crippen molar-refractivity contribution in [1.29, 1.82) is 0 Å². The first-order valence-corrected chi connectivity index (χ1v) is 8.45. The number of carbonyl (C=O) groups excluding carboxylic acids is 1. The lowest BCUT2D eigenvalue weighted by molar-refractivity contribution is 0.000361. The van der Waals surface area contributed by atoms with Gasteiger partial charge in [0, 0.05) is 37.9 Å². The van der Waals surface area contributed by atoms with Gasteiger partial charge in [-0.25, -0.2) is 4.79 Å². The summed E-state index contributed by atoms with van der Waals surface area (Å²) in [5.74, 6) is 0.824. The molecule has 0 unspecified atom stereocenters. The molecule has 1 saturated heterocycles. The number of nitrogens with zero attached hydrogens (tertiary/aromatic N) is 2. The van der Waals surface area contributed by atoms with Crippen molar-refractivity contribution in [2.75, 3.05) is 38.5 Å². The number of piperazine rings is 1. The van der Waals surface area contributed by atoms with E-state index in [2.05, 4.69) is 11.8 Å². The second-order valence-electron chi connectivity index (χ2n) is 7.24. The number of hydrogen-bond acceptors (Lipinski definition) is 5. The number of nitrogens with two attached hydrogens (primary N) is 1. The maximum atomic E-state index is 12.2. The summed E-state index contributed by atoms with van der Waals surface area (Å²) in [6.07, 6.45) is -0.229. The lowest BCUT2D eigenvalue weighted by atomic mass is 10.2. The highest BCUT2D eigenvalue weighted by Gasteiger charge is 2.30. The van der Waals surface area contributed by atoms with E-state index >= 15 is 0 Å². The van der Waals surface area contributed by atoms with Crippen molar-refractivity contribution in [3.8, 4) is 5.75 Å². The average Bonchev–Trinajstić information content (AvgIpc) is 2.47. The van der Waals surface area contributed by atoms with Gasteiger partial charge in [0.2, 0.25) is 0 Å². The van der Waals surface area contributed by atoms with Crippen LogP contribution in [0.2, 0.25) is 0 Å².